The number of anilines is 2. The van der Waals surface area contributed by atoms with Gasteiger partial charge < -0.3 is 11.1 Å². The Morgan fingerprint density at radius 3 is 3.00 bits per heavy atom. The van der Waals surface area contributed by atoms with Crippen LogP contribution in [0.15, 0.2) is 30.6 Å². The molecular weight excluding hydrogens is 190 g/mol. The summed E-state index contributed by atoms with van der Waals surface area (Å²) in [6, 6.07) is 5.89. The molecule has 15 heavy (non-hydrogen) atoms. The Labute approximate surface area is 87.7 Å². The number of hydrogen-bond acceptors (Lipinski definition) is 4. The number of aromatic amines is 1. The van der Waals surface area contributed by atoms with Crippen molar-refractivity contribution in [3.8, 4) is 0 Å². The summed E-state index contributed by atoms with van der Waals surface area (Å²) in [6.07, 6.45) is 4.33. The maximum Gasteiger partial charge on any atom is 0.142 e. The molecule has 0 bridgehead atoms. The van der Waals surface area contributed by atoms with Crippen LogP contribution in [-0.4, -0.2) is 21.7 Å². The summed E-state index contributed by atoms with van der Waals surface area (Å²) in [4.78, 5) is 4.23. The van der Waals surface area contributed by atoms with Gasteiger partial charge in [-0.1, -0.05) is 6.07 Å². The van der Waals surface area contributed by atoms with Gasteiger partial charge in [0.05, 0.1) is 11.9 Å². The maximum absolute atomic E-state index is 5.62. The van der Waals surface area contributed by atoms with Crippen LogP contribution in [0.2, 0.25) is 0 Å². The zero-order valence-corrected chi connectivity index (χ0v) is 8.27. The normalized spacial score (nSPS) is 10.1. The molecule has 0 fully saturated rings. The Morgan fingerprint density at radius 2 is 2.33 bits per heavy atom. The molecule has 2 rings (SSSR count). The second-order valence-corrected chi connectivity index (χ2v) is 3.20. The molecule has 0 aromatic carbocycles. The van der Waals surface area contributed by atoms with Gasteiger partial charge in [-0.25, -0.2) is 0 Å². The van der Waals surface area contributed by atoms with Gasteiger partial charge in [-0.15, -0.1) is 0 Å². The summed E-state index contributed by atoms with van der Waals surface area (Å²) in [5, 5.41) is 9.67. The SMILES string of the molecule is Nc1[nH]ncc1NCCc1ccccn1. The van der Waals surface area contributed by atoms with E-state index in [9.17, 15) is 0 Å². The van der Waals surface area contributed by atoms with Crippen LogP contribution >= 0.6 is 0 Å². The number of H-pyrrole nitrogens is 1. The molecule has 0 atom stereocenters. The molecular formula is C10H13N5. The van der Waals surface area contributed by atoms with E-state index in [-0.39, 0.29) is 0 Å². The van der Waals surface area contributed by atoms with Crippen LogP contribution in [0, 0.1) is 0 Å². The summed E-state index contributed by atoms with van der Waals surface area (Å²) >= 11 is 0. The molecule has 0 unspecified atom stereocenters. The smallest absolute Gasteiger partial charge is 0.142 e. The molecule has 5 heteroatoms. The Kier molecular flexibility index (Phi) is 2.82. The number of nitrogen functional groups attached to an aromatic ring is 1. The highest BCUT2D eigenvalue weighted by Gasteiger charge is 1.99. The first kappa shape index (κ1) is 9.51. The average molecular weight is 203 g/mol. The van der Waals surface area contributed by atoms with Crippen molar-refractivity contribution in [3.63, 3.8) is 0 Å². The lowest BCUT2D eigenvalue weighted by Gasteiger charge is -2.03. The number of nitrogens with two attached hydrogens (primary N) is 1. The molecule has 0 spiro atoms. The van der Waals surface area contributed by atoms with Gasteiger partial charge in [-0.05, 0) is 12.1 Å². The Balaban J connectivity index is 1.83. The molecule has 0 aliphatic rings. The van der Waals surface area contributed by atoms with Gasteiger partial charge in [0.25, 0.3) is 0 Å². The minimum atomic E-state index is 0.566. The molecule has 0 aliphatic heterocycles. The van der Waals surface area contributed by atoms with Crippen LogP contribution in [0.3, 0.4) is 0 Å². The van der Waals surface area contributed by atoms with E-state index in [2.05, 4.69) is 20.5 Å². The minimum Gasteiger partial charge on any atom is -0.382 e. The zero-order chi connectivity index (χ0) is 10.5. The fourth-order valence-electron chi connectivity index (χ4n) is 1.31. The number of pyridine rings is 1. The van der Waals surface area contributed by atoms with Crippen LogP contribution in [0.25, 0.3) is 0 Å². The maximum atomic E-state index is 5.62. The highest BCUT2D eigenvalue weighted by Crippen LogP contribution is 2.12. The van der Waals surface area contributed by atoms with Crippen molar-refractivity contribution in [3.05, 3.63) is 36.3 Å². The quantitative estimate of drug-likeness (QED) is 0.693. The van der Waals surface area contributed by atoms with Crippen LogP contribution in [0.1, 0.15) is 5.69 Å². The van der Waals surface area contributed by atoms with Gasteiger partial charge in [-0.2, -0.15) is 5.10 Å². The third-order valence-corrected chi connectivity index (χ3v) is 2.09. The summed E-state index contributed by atoms with van der Waals surface area (Å²) in [5.74, 6) is 0.566. The largest absolute Gasteiger partial charge is 0.382 e. The van der Waals surface area contributed by atoms with Crippen LogP contribution in [-0.2, 0) is 6.42 Å². The third-order valence-electron chi connectivity index (χ3n) is 2.09. The highest BCUT2D eigenvalue weighted by atomic mass is 15.2. The van der Waals surface area contributed by atoms with Crippen LogP contribution in [0.4, 0.5) is 11.5 Å². The molecule has 0 saturated carbocycles. The fourth-order valence-corrected chi connectivity index (χ4v) is 1.31. The van der Waals surface area contributed by atoms with Crippen molar-refractivity contribution in [1.82, 2.24) is 15.2 Å². The highest BCUT2D eigenvalue weighted by molar-refractivity contribution is 5.59. The van der Waals surface area contributed by atoms with E-state index >= 15 is 0 Å². The number of nitrogens with zero attached hydrogens (tertiary/aromatic N) is 2. The van der Waals surface area contributed by atoms with Crippen LogP contribution < -0.4 is 11.1 Å². The zero-order valence-electron chi connectivity index (χ0n) is 8.27. The predicted octanol–water partition coefficient (Wildman–Crippen LogP) is 1.04. The standard InChI is InChI=1S/C10H13N5/c11-10-9(7-14-15-10)13-6-4-8-3-1-2-5-12-8/h1-3,5,7,13H,4,6H2,(H3,11,14,15). The molecule has 2 aromatic rings. The van der Waals surface area contributed by atoms with Gasteiger partial charge in [0.1, 0.15) is 5.82 Å². The lowest BCUT2D eigenvalue weighted by molar-refractivity contribution is 0.962. The lowest BCUT2D eigenvalue weighted by atomic mass is 10.3. The van der Waals surface area contributed by atoms with Crippen molar-refractivity contribution < 1.29 is 0 Å². The Morgan fingerprint density at radius 1 is 1.40 bits per heavy atom. The first-order valence-electron chi connectivity index (χ1n) is 4.79. The van der Waals surface area contributed by atoms with E-state index < -0.39 is 0 Å². The molecule has 0 amide bonds. The number of rotatable bonds is 4. The van der Waals surface area contributed by atoms with Crippen molar-refractivity contribution in [2.24, 2.45) is 0 Å². The lowest BCUT2D eigenvalue weighted by Crippen LogP contribution is -2.06. The molecule has 2 aromatic heterocycles. The van der Waals surface area contributed by atoms with E-state index in [1.54, 1.807) is 12.4 Å². The number of nitrogens with one attached hydrogen (secondary N) is 2. The molecule has 78 valence electrons. The molecule has 2 heterocycles. The first-order valence-corrected chi connectivity index (χ1v) is 4.79. The first-order chi connectivity index (χ1) is 7.36. The minimum absolute atomic E-state index is 0.566. The summed E-state index contributed by atoms with van der Waals surface area (Å²) in [7, 11) is 0. The van der Waals surface area contributed by atoms with Gasteiger partial charge >= 0.3 is 0 Å². The summed E-state index contributed by atoms with van der Waals surface area (Å²) in [5.41, 5.74) is 7.52. The van der Waals surface area contributed by atoms with Gasteiger partial charge in [0, 0.05) is 24.9 Å². The fraction of sp³-hybridized carbons (Fsp3) is 0.200. The third kappa shape index (κ3) is 2.46. The van der Waals surface area contributed by atoms with E-state index in [4.69, 9.17) is 5.73 Å². The molecule has 4 N–H and O–H groups in total. The average Bonchev–Trinajstić information content (AvgIpc) is 2.66. The van der Waals surface area contributed by atoms with Crippen LogP contribution in [0.5, 0.6) is 0 Å². The predicted molar refractivity (Wildman–Crippen MR) is 59.4 cm³/mol. The van der Waals surface area contributed by atoms with Gasteiger partial charge in [0.2, 0.25) is 0 Å². The van der Waals surface area contributed by atoms with Crippen molar-refractivity contribution >= 4 is 11.5 Å². The van der Waals surface area contributed by atoms with Crippen molar-refractivity contribution in [1.29, 1.82) is 0 Å². The van der Waals surface area contributed by atoms with E-state index in [0.29, 0.717) is 5.82 Å². The molecule has 0 aliphatic carbocycles. The van der Waals surface area contributed by atoms with E-state index in [0.717, 1.165) is 24.3 Å². The Hall–Kier alpha value is -2.04. The number of aromatic nitrogens is 3. The molecule has 0 saturated heterocycles. The molecule has 5 nitrogen and oxygen atoms in total. The number of hydrogen-bond donors (Lipinski definition) is 3. The van der Waals surface area contributed by atoms with Crippen molar-refractivity contribution in [2.75, 3.05) is 17.6 Å². The van der Waals surface area contributed by atoms with Crippen molar-refractivity contribution in [2.45, 2.75) is 6.42 Å². The monoisotopic (exact) mass is 203 g/mol. The van der Waals surface area contributed by atoms with E-state index in [1.165, 1.54) is 0 Å². The van der Waals surface area contributed by atoms with Gasteiger partial charge in [0.15, 0.2) is 0 Å². The topological polar surface area (TPSA) is 79.6 Å². The van der Waals surface area contributed by atoms with E-state index in [1.807, 2.05) is 18.2 Å². The Bertz CT molecular complexity index is 409. The molecule has 0 radical (unpaired) electrons. The van der Waals surface area contributed by atoms with Gasteiger partial charge in [-0.3, -0.25) is 10.1 Å². The summed E-state index contributed by atoms with van der Waals surface area (Å²) < 4.78 is 0. The second kappa shape index (κ2) is 4.45. The summed E-state index contributed by atoms with van der Waals surface area (Å²) in [6.45, 7) is 0.792. The second-order valence-electron chi connectivity index (χ2n) is 3.20.